The van der Waals surface area contributed by atoms with Crippen molar-refractivity contribution in [3.63, 3.8) is 0 Å². The Kier molecular flexibility index (Phi) is 2.21. The van der Waals surface area contributed by atoms with Crippen LogP contribution in [0.25, 0.3) is 0 Å². The van der Waals surface area contributed by atoms with Crippen LogP contribution in [-0.4, -0.2) is 10.2 Å². The lowest BCUT2D eigenvalue weighted by Gasteiger charge is -2.41. The molecule has 0 radical (unpaired) electrons. The topological polar surface area (TPSA) is 28.7 Å². The van der Waals surface area contributed by atoms with Crippen LogP contribution in [0, 0.1) is 11.3 Å². The first-order valence-electron chi connectivity index (χ1n) is 5.83. The van der Waals surface area contributed by atoms with Gasteiger partial charge in [-0.05, 0) is 35.2 Å². The van der Waals surface area contributed by atoms with E-state index in [1.54, 1.807) is 0 Å². The van der Waals surface area contributed by atoms with E-state index in [9.17, 15) is 0 Å². The first-order chi connectivity index (χ1) is 6.81. The molecule has 84 valence electrons. The van der Waals surface area contributed by atoms with E-state index in [-0.39, 0.29) is 5.41 Å². The second-order valence-corrected chi connectivity index (χ2v) is 6.62. The molecule has 1 heterocycles. The Morgan fingerprint density at radius 2 is 2.07 bits per heavy atom. The number of rotatable bonds is 0. The number of nitrogens with zero attached hydrogens (tertiary/aromatic N) is 1. The van der Waals surface area contributed by atoms with Crippen LogP contribution in [0.3, 0.4) is 0 Å². The van der Waals surface area contributed by atoms with Crippen LogP contribution in [0.5, 0.6) is 0 Å². The third-order valence-corrected chi connectivity index (χ3v) is 3.88. The molecule has 0 saturated heterocycles. The quantitative estimate of drug-likeness (QED) is 0.693. The summed E-state index contributed by atoms with van der Waals surface area (Å²) in [7, 11) is 0. The summed E-state index contributed by atoms with van der Waals surface area (Å²) in [6, 6.07) is 0. The average Bonchev–Trinajstić information content (AvgIpc) is 2.49. The van der Waals surface area contributed by atoms with E-state index < -0.39 is 0 Å². The summed E-state index contributed by atoms with van der Waals surface area (Å²) in [5.41, 5.74) is 3.44. The van der Waals surface area contributed by atoms with Gasteiger partial charge in [-0.15, -0.1) is 0 Å². The molecule has 0 amide bonds. The summed E-state index contributed by atoms with van der Waals surface area (Å²) in [6.07, 6.45) is 4.43. The Bertz CT molecular complexity index is 355. The highest BCUT2D eigenvalue weighted by Gasteiger charge is 2.38. The zero-order chi connectivity index (χ0) is 11.3. The first-order valence-corrected chi connectivity index (χ1v) is 5.83. The second-order valence-electron chi connectivity index (χ2n) is 6.62. The van der Waals surface area contributed by atoms with Gasteiger partial charge in [0.05, 0.1) is 6.20 Å². The Hall–Kier alpha value is -0.790. The van der Waals surface area contributed by atoms with Crippen molar-refractivity contribution in [3.05, 3.63) is 17.5 Å². The Balaban J connectivity index is 2.36. The van der Waals surface area contributed by atoms with E-state index in [0.717, 1.165) is 12.3 Å². The number of fused-ring (bicyclic) bond motifs is 1. The van der Waals surface area contributed by atoms with Crippen molar-refractivity contribution in [2.75, 3.05) is 0 Å². The number of H-pyrrole nitrogens is 1. The fraction of sp³-hybridized carbons (Fsp3) is 0.769. The molecule has 2 rings (SSSR count). The lowest BCUT2D eigenvalue weighted by molar-refractivity contribution is 0.173. The van der Waals surface area contributed by atoms with Crippen LogP contribution >= 0.6 is 0 Å². The number of hydrogen-bond acceptors (Lipinski definition) is 1. The maximum Gasteiger partial charge on any atom is 0.0527 e. The van der Waals surface area contributed by atoms with Crippen LogP contribution < -0.4 is 0 Å². The number of nitrogens with one attached hydrogen (secondary N) is 1. The highest BCUT2D eigenvalue weighted by molar-refractivity contribution is 5.29. The molecule has 1 aromatic rings. The summed E-state index contributed by atoms with van der Waals surface area (Å²) < 4.78 is 0. The lowest BCUT2D eigenvalue weighted by atomic mass is 9.63. The largest absolute Gasteiger partial charge is 0.282 e. The predicted molar refractivity (Wildman–Crippen MR) is 62.9 cm³/mol. The van der Waals surface area contributed by atoms with Crippen molar-refractivity contribution in [2.45, 2.75) is 52.9 Å². The average molecular weight is 206 g/mol. The van der Waals surface area contributed by atoms with Gasteiger partial charge in [-0.3, -0.25) is 5.10 Å². The van der Waals surface area contributed by atoms with Gasteiger partial charge in [0.15, 0.2) is 0 Å². The van der Waals surface area contributed by atoms with Crippen molar-refractivity contribution in [1.82, 2.24) is 10.2 Å². The van der Waals surface area contributed by atoms with Crippen LogP contribution in [-0.2, 0) is 11.8 Å². The van der Waals surface area contributed by atoms with E-state index in [1.165, 1.54) is 17.7 Å². The fourth-order valence-corrected chi connectivity index (χ4v) is 2.71. The smallest absolute Gasteiger partial charge is 0.0527 e. The second kappa shape index (κ2) is 3.10. The highest BCUT2D eigenvalue weighted by Crippen LogP contribution is 2.44. The highest BCUT2D eigenvalue weighted by atomic mass is 15.1. The SMILES string of the molecule is CC1(C)CC(C(C)(C)C)Cc2[nH]ncc21. The maximum absolute atomic E-state index is 4.19. The van der Waals surface area contributed by atoms with Gasteiger partial charge >= 0.3 is 0 Å². The summed E-state index contributed by atoms with van der Waals surface area (Å²) in [4.78, 5) is 0. The molecule has 0 aromatic carbocycles. The van der Waals surface area contributed by atoms with E-state index in [2.05, 4.69) is 44.8 Å². The molecule has 2 nitrogen and oxygen atoms in total. The molecule has 1 N–H and O–H groups in total. The lowest BCUT2D eigenvalue weighted by Crippen LogP contribution is -2.35. The normalized spacial score (nSPS) is 25.0. The molecular weight excluding hydrogens is 184 g/mol. The van der Waals surface area contributed by atoms with Crippen LogP contribution in [0.1, 0.15) is 52.3 Å². The van der Waals surface area contributed by atoms with Crippen LogP contribution in [0.15, 0.2) is 6.20 Å². The van der Waals surface area contributed by atoms with Crippen molar-refractivity contribution >= 4 is 0 Å². The molecule has 0 spiro atoms. The Morgan fingerprint density at radius 3 is 2.67 bits per heavy atom. The summed E-state index contributed by atoms with van der Waals surface area (Å²) in [5, 5.41) is 7.36. The Labute approximate surface area is 92.5 Å². The molecule has 15 heavy (non-hydrogen) atoms. The summed E-state index contributed by atoms with van der Waals surface area (Å²) in [6.45, 7) is 11.7. The van der Waals surface area contributed by atoms with Crippen molar-refractivity contribution in [2.24, 2.45) is 11.3 Å². The van der Waals surface area contributed by atoms with Gasteiger partial charge in [-0.1, -0.05) is 34.6 Å². The van der Waals surface area contributed by atoms with Crippen LogP contribution in [0.4, 0.5) is 0 Å². The van der Waals surface area contributed by atoms with Gasteiger partial charge < -0.3 is 0 Å². The molecule has 2 heteroatoms. The minimum atomic E-state index is 0.276. The summed E-state index contributed by atoms with van der Waals surface area (Å²) in [5.74, 6) is 0.750. The van der Waals surface area contributed by atoms with Gasteiger partial charge in [0.1, 0.15) is 0 Å². The molecule has 0 saturated carbocycles. The molecule has 1 aliphatic carbocycles. The minimum Gasteiger partial charge on any atom is -0.282 e. The third kappa shape index (κ3) is 1.82. The van der Waals surface area contributed by atoms with E-state index in [0.29, 0.717) is 5.41 Å². The molecular formula is C13H22N2. The number of aromatic amines is 1. The Morgan fingerprint density at radius 1 is 1.40 bits per heavy atom. The molecule has 0 bridgehead atoms. The van der Waals surface area contributed by atoms with Crippen molar-refractivity contribution in [1.29, 1.82) is 0 Å². The standard InChI is InChI=1S/C13H22N2/c1-12(2,3)9-6-11-10(8-14-15-11)13(4,5)7-9/h8-9H,6-7H2,1-5H3,(H,14,15). The van der Waals surface area contributed by atoms with Crippen LogP contribution in [0.2, 0.25) is 0 Å². The van der Waals surface area contributed by atoms with Crippen molar-refractivity contribution in [3.8, 4) is 0 Å². The minimum absolute atomic E-state index is 0.276. The van der Waals surface area contributed by atoms with Gasteiger partial charge in [0, 0.05) is 5.69 Å². The molecule has 1 atom stereocenters. The molecule has 0 aliphatic heterocycles. The van der Waals surface area contributed by atoms with E-state index in [1.807, 2.05) is 6.20 Å². The van der Waals surface area contributed by atoms with E-state index in [4.69, 9.17) is 0 Å². The van der Waals surface area contributed by atoms with Gasteiger partial charge in [0.25, 0.3) is 0 Å². The number of aromatic nitrogens is 2. The molecule has 1 unspecified atom stereocenters. The predicted octanol–water partition coefficient (Wildman–Crippen LogP) is 3.30. The van der Waals surface area contributed by atoms with Gasteiger partial charge in [-0.25, -0.2) is 0 Å². The first kappa shape index (κ1) is 10.7. The van der Waals surface area contributed by atoms with E-state index >= 15 is 0 Å². The zero-order valence-electron chi connectivity index (χ0n) is 10.5. The van der Waals surface area contributed by atoms with Crippen molar-refractivity contribution < 1.29 is 0 Å². The number of hydrogen-bond donors (Lipinski definition) is 1. The third-order valence-electron chi connectivity index (χ3n) is 3.88. The van der Waals surface area contributed by atoms with Gasteiger partial charge in [-0.2, -0.15) is 5.10 Å². The maximum atomic E-state index is 4.19. The molecule has 1 aliphatic rings. The monoisotopic (exact) mass is 206 g/mol. The van der Waals surface area contributed by atoms with Gasteiger partial charge in [0.2, 0.25) is 0 Å². The molecule has 1 aromatic heterocycles. The molecule has 0 fully saturated rings. The fourth-order valence-electron chi connectivity index (χ4n) is 2.71. The summed E-state index contributed by atoms with van der Waals surface area (Å²) >= 11 is 0. The zero-order valence-corrected chi connectivity index (χ0v) is 10.5.